The Balaban J connectivity index is 1.70. The fourth-order valence-corrected chi connectivity index (χ4v) is 4.34. The van der Waals surface area contributed by atoms with Crippen molar-refractivity contribution in [2.24, 2.45) is 0 Å². The van der Waals surface area contributed by atoms with Crippen LogP contribution in [0.4, 0.5) is 4.39 Å². The average molecular weight is 353 g/mol. The maximum atomic E-state index is 13.4. The molecule has 0 saturated carbocycles. The number of benzene rings is 2. The molecule has 2 unspecified atom stereocenters. The van der Waals surface area contributed by atoms with E-state index in [-0.39, 0.29) is 11.1 Å². The summed E-state index contributed by atoms with van der Waals surface area (Å²) in [6.45, 7) is 0. The zero-order chi connectivity index (χ0) is 14.1. The third-order valence-corrected chi connectivity index (χ3v) is 5.36. The smallest absolute Gasteiger partial charge is 0.124 e. The highest BCUT2D eigenvalue weighted by molar-refractivity contribution is 9.10. The number of thioether (sulfide) groups is 1. The Morgan fingerprint density at radius 2 is 2.10 bits per heavy atom. The van der Waals surface area contributed by atoms with Gasteiger partial charge in [0, 0.05) is 14.6 Å². The van der Waals surface area contributed by atoms with Gasteiger partial charge in [-0.05, 0) is 48.2 Å². The Labute approximate surface area is 130 Å². The van der Waals surface area contributed by atoms with Crippen molar-refractivity contribution in [1.29, 1.82) is 0 Å². The first-order valence-electron chi connectivity index (χ1n) is 6.49. The van der Waals surface area contributed by atoms with Gasteiger partial charge in [-0.15, -0.1) is 11.8 Å². The molecule has 0 bridgehead atoms. The molecule has 2 aromatic carbocycles. The van der Waals surface area contributed by atoms with Crippen molar-refractivity contribution in [1.82, 2.24) is 0 Å². The van der Waals surface area contributed by atoms with Crippen molar-refractivity contribution in [2.45, 2.75) is 29.1 Å². The van der Waals surface area contributed by atoms with E-state index in [4.69, 9.17) is 0 Å². The monoisotopic (exact) mass is 352 g/mol. The van der Waals surface area contributed by atoms with Gasteiger partial charge in [-0.1, -0.05) is 34.1 Å². The lowest BCUT2D eigenvalue weighted by molar-refractivity contribution is 0.172. The third kappa shape index (κ3) is 3.08. The van der Waals surface area contributed by atoms with Crippen molar-refractivity contribution in [3.05, 3.63) is 63.9 Å². The predicted molar refractivity (Wildman–Crippen MR) is 83.6 cm³/mol. The molecule has 2 aromatic rings. The van der Waals surface area contributed by atoms with Crippen LogP contribution >= 0.6 is 27.7 Å². The lowest BCUT2D eigenvalue weighted by atomic mass is 10.0. The summed E-state index contributed by atoms with van der Waals surface area (Å²) in [7, 11) is 0. The second-order valence-corrected chi connectivity index (χ2v) is 7.21. The Bertz CT molecular complexity index is 586. The van der Waals surface area contributed by atoms with Crippen LogP contribution in [0.25, 0.3) is 0 Å². The Morgan fingerprint density at radius 1 is 1.30 bits per heavy atom. The van der Waals surface area contributed by atoms with E-state index in [0.29, 0.717) is 10.9 Å². The highest BCUT2D eigenvalue weighted by Crippen LogP contribution is 2.39. The van der Waals surface area contributed by atoms with Gasteiger partial charge < -0.3 is 5.11 Å². The van der Waals surface area contributed by atoms with Crippen molar-refractivity contribution >= 4 is 27.7 Å². The molecular weight excluding hydrogens is 339 g/mol. The SMILES string of the molecule is OC(Cc1cc(F)cc(Br)c1)C1Cc2ccccc2S1. The average Bonchev–Trinajstić information content (AvgIpc) is 2.81. The summed E-state index contributed by atoms with van der Waals surface area (Å²) >= 11 is 5.00. The summed E-state index contributed by atoms with van der Waals surface area (Å²) in [6.07, 6.45) is 0.877. The van der Waals surface area contributed by atoms with Crippen molar-refractivity contribution in [2.75, 3.05) is 0 Å². The number of hydrogen-bond acceptors (Lipinski definition) is 2. The van der Waals surface area contributed by atoms with Crippen LogP contribution in [0.2, 0.25) is 0 Å². The van der Waals surface area contributed by atoms with Crippen molar-refractivity contribution < 1.29 is 9.50 Å². The fourth-order valence-electron chi connectivity index (χ4n) is 2.53. The third-order valence-electron chi connectivity index (χ3n) is 3.47. The summed E-state index contributed by atoms with van der Waals surface area (Å²) in [6, 6.07) is 13.0. The Hall–Kier alpha value is -0.840. The van der Waals surface area contributed by atoms with Crippen LogP contribution in [0.3, 0.4) is 0 Å². The lowest BCUT2D eigenvalue weighted by Gasteiger charge is -2.17. The number of fused-ring (bicyclic) bond motifs is 1. The van der Waals surface area contributed by atoms with E-state index in [2.05, 4.69) is 28.1 Å². The molecule has 1 aliphatic rings. The number of rotatable bonds is 3. The summed E-state index contributed by atoms with van der Waals surface area (Å²) in [4.78, 5) is 1.25. The maximum absolute atomic E-state index is 13.4. The molecule has 1 heterocycles. The van der Waals surface area contributed by atoms with Gasteiger partial charge in [0.2, 0.25) is 0 Å². The molecule has 0 saturated heterocycles. The highest BCUT2D eigenvalue weighted by Gasteiger charge is 2.28. The van der Waals surface area contributed by atoms with Crippen LogP contribution in [0.5, 0.6) is 0 Å². The molecule has 1 nitrogen and oxygen atoms in total. The molecular formula is C16H14BrFOS. The fraction of sp³-hybridized carbons (Fsp3) is 0.250. The van der Waals surface area contributed by atoms with Gasteiger partial charge in [0.15, 0.2) is 0 Å². The number of hydrogen-bond donors (Lipinski definition) is 1. The van der Waals surface area contributed by atoms with E-state index in [1.54, 1.807) is 11.8 Å². The van der Waals surface area contributed by atoms with Gasteiger partial charge >= 0.3 is 0 Å². The molecule has 3 rings (SSSR count). The van der Waals surface area contributed by atoms with Gasteiger partial charge in [-0.3, -0.25) is 0 Å². The van der Waals surface area contributed by atoms with E-state index >= 15 is 0 Å². The summed E-state index contributed by atoms with van der Waals surface area (Å²) in [5, 5.41) is 10.5. The van der Waals surface area contributed by atoms with Crippen LogP contribution < -0.4 is 0 Å². The molecule has 0 aromatic heterocycles. The van der Waals surface area contributed by atoms with Crippen LogP contribution in [-0.2, 0) is 12.8 Å². The van der Waals surface area contributed by atoms with Crippen LogP contribution in [0.15, 0.2) is 51.8 Å². The maximum Gasteiger partial charge on any atom is 0.124 e. The second kappa shape index (κ2) is 5.88. The largest absolute Gasteiger partial charge is 0.392 e. The predicted octanol–water partition coefficient (Wildman–Crippen LogP) is 4.21. The first kappa shape index (κ1) is 14.1. The Kier molecular flexibility index (Phi) is 4.15. The van der Waals surface area contributed by atoms with Crippen LogP contribution in [0, 0.1) is 5.82 Å². The summed E-state index contributed by atoms with van der Waals surface area (Å²) < 4.78 is 14.1. The topological polar surface area (TPSA) is 20.2 Å². The van der Waals surface area contributed by atoms with Crippen LogP contribution in [0.1, 0.15) is 11.1 Å². The standard InChI is InChI=1S/C16H14BrFOS/c17-12-5-10(6-13(18)9-12)7-14(19)16-8-11-3-1-2-4-15(11)20-16/h1-6,9,14,16,19H,7-8H2. The molecule has 0 radical (unpaired) electrons. The molecule has 4 heteroatoms. The number of aliphatic hydroxyl groups excluding tert-OH is 1. The molecule has 0 spiro atoms. The molecule has 0 fully saturated rings. The number of aliphatic hydroxyl groups is 1. The quantitative estimate of drug-likeness (QED) is 0.892. The van der Waals surface area contributed by atoms with Crippen molar-refractivity contribution in [3.8, 4) is 0 Å². The molecule has 1 aliphatic heterocycles. The molecule has 2 atom stereocenters. The van der Waals surface area contributed by atoms with E-state index in [1.807, 2.05) is 18.2 Å². The van der Waals surface area contributed by atoms with Gasteiger partial charge in [0.1, 0.15) is 5.82 Å². The van der Waals surface area contributed by atoms with E-state index < -0.39 is 6.10 Å². The minimum atomic E-state index is -0.471. The van der Waals surface area contributed by atoms with Crippen molar-refractivity contribution in [3.63, 3.8) is 0 Å². The van der Waals surface area contributed by atoms with Gasteiger partial charge in [0.25, 0.3) is 0 Å². The minimum Gasteiger partial charge on any atom is -0.392 e. The summed E-state index contributed by atoms with van der Waals surface area (Å²) in [5.41, 5.74) is 2.11. The van der Waals surface area contributed by atoms with E-state index in [0.717, 1.165) is 12.0 Å². The van der Waals surface area contributed by atoms with Gasteiger partial charge in [-0.25, -0.2) is 4.39 Å². The Morgan fingerprint density at radius 3 is 2.85 bits per heavy atom. The van der Waals surface area contributed by atoms with Gasteiger partial charge in [0.05, 0.1) is 6.10 Å². The highest BCUT2D eigenvalue weighted by atomic mass is 79.9. The van der Waals surface area contributed by atoms with E-state index in [9.17, 15) is 9.50 Å². The number of halogens is 2. The zero-order valence-corrected chi connectivity index (χ0v) is 13.1. The first-order chi connectivity index (χ1) is 9.61. The zero-order valence-electron chi connectivity index (χ0n) is 10.7. The molecule has 20 heavy (non-hydrogen) atoms. The molecule has 1 N–H and O–H groups in total. The second-order valence-electron chi connectivity index (χ2n) is 5.02. The summed E-state index contributed by atoms with van der Waals surface area (Å²) in [5.74, 6) is -0.274. The molecule has 0 amide bonds. The molecule has 104 valence electrons. The van der Waals surface area contributed by atoms with Crippen LogP contribution in [-0.4, -0.2) is 16.5 Å². The first-order valence-corrected chi connectivity index (χ1v) is 8.16. The lowest BCUT2D eigenvalue weighted by Crippen LogP contribution is -2.25. The molecule has 0 aliphatic carbocycles. The minimum absolute atomic E-state index is 0.148. The van der Waals surface area contributed by atoms with Gasteiger partial charge in [-0.2, -0.15) is 0 Å². The normalized spacial score (nSPS) is 18.9. The van der Waals surface area contributed by atoms with E-state index in [1.165, 1.54) is 22.6 Å².